The maximum Gasteiger partial charge on any atom is 0.187 e. The van der Waals surface area contributed by atoms with Gasteiger partial charge in [0, 0.05) is 0 Å². The Bertz CT molecular complexity index is 206. The van der Waals surface area contributed by atoms with Crippen molar-refractivity contribution in [1.29, 1.82) is 0 Å². The summed E-state index contributed by atoms with van der Waals surface area (Å²) < 4.78 is 0. The second-order valence-electron chi connectivity index (χ2n) is 2.77. The number of aryl methyl sites for hydroxylation is 1. The zero-order valence-electron chi connectivity index (χ0n) is 6.88. The molecule has 0 amide bonds. The monoisotopic (exact) mass is 180 g/mol. The quantitative estimate of drug-likeness (QED) is 0.700. The van der Waals surface area contributed by atoms with Gasteiger partial charge in [-0.05, 0) is 30.5 Å². The molecule has 0 radical (unpaired) electrons. The number of benzene rings is 1. The zero-order valence-corrected chi connectivity index (χ0v) is 6.88. The lowest BCUT2D eigenvalue weighted by Crippen LogP contribution is -1.82. The van der Waals surface area contributed by atoms with Gasteiger partial charge in [-0.15, -0.1) is 0 Å². The van der Waals surface area contributed by atoms with Gasteiger partial charge in [-0.1, -0.05) is 25.5 Å². The predicted molar refractivity (Wildman–Crippen MR) is 56.7 cm³/mol. The third-order valence-corrected chi connectivity index (χ3v) is 1.76. The highest BCUT2D eigenvalue weighted by Crippen LogP contribution is 2.11. The fraction of sp³-hybridized carbons (Fsp3) is 0.400. The van der Waals surface area contributed by atoms with Crippen molar-refractivity contribution in [3.05, 3.63) is 29.8 Å². The predicted octanol–water partition coefficient (Wildman–Crippen LogP) is 1.55. The SMILES string of the molecule is CCCCc1ccc(O)cc1.[AlH3]. The number of rotatable bonds is 3. The van der Waals surface area contributed by atoms with Gasteiger partial charge in [0.15, 0.2) is 17.4 Å². The molecule has 0 bridgehead atoms. The standard InChI is InChI=1S/C10H14O.Al.3H/c1-2-3-4-9-5-7-10(11)8-6-9;;;;/h5-8,11H,2-4H2,1H3;;;;. The summed E-state index contributed by atoms with van der Waals surface area (Å²) in [5, 5.41) is 8.98. The molecule has 1 aromatic rings. The number of phenols is 1. The maximum atomic E-state index is 8.98. The van der Waals surface area contributed by atoms with E-state index in [1.54, 1.807) is 12.1 Å². The lowest BCUT2D eigenvalue weighted by atomic mass is 10.1. The van der Waals surface area contributed by atoms with Gasteiger partial charge in [0.05, 0.1) is 0 Å². The van der Waals surface area contributed by atoms with Crippen molar-refractivity contribution >= 4 is 17.4 Å². The molecule has 0 aromatic heterocycles. The Hall–Kier alpha value is -0.448. The molecular weight excluding hydrogens is 163 g/mol. The fourth-order valence-corrected chi connectivity index (χ4v) is 1.04. The Morgan fingerprint density at radius 3 is 2.25 bits per heavy atom. The molecule has 66 valence electrons. The molecule has 0 aliphatic carbocycles. The second-order valence-corrected chi connectivity index (χ2v) is 2.77. The molecule has 0 spiro atoms. The number of phenolic OH excluding ortho intramolecular Hbond substituents is 1. The Morgan fingerprint density at radius 1 is 1.17 bits per heavy atom. The van der Waals surface area contributed by atoms with Crippen LogP contribution in [0.5, 0.6) is 5.75 Å². The number of hydrogen-bond donors (Lipinski definition) is 1. The summed E-state index contributed by atoms with van der Waals surface area (Å²) in [6, 6.07) is 7.44. The van der Waals surface area contributed by atoms with Crippen molar-refractivity contribution in [1.82, 2.24) is 0 Å². The fourth-order valence-electron chi connectivity index (χ4n) is 1.04. The molecule has 0 heterocycles. The highest BCUT2D eigenvalue weighted by molar-refractivity contribution is 5.75. The van der Waals surface area contributed by atoms with Gasteiger partial charge in [-0.25, -0.2) is 0 Å². The lowest BCUT2D eigenvalue weighted by molar-refractivity contribution is 0.475. The molecule has 1 aromatic carbocycles. The summed E-state index contributed by atoms with van der Waals surface area (Å²) in [6.07, 6.45) is 3.57. The van der Waals surface area contributed by atoms with Gasteiger partial charge < -0.3 is 5.11 Å². The Labute approximate surface area is 84.6 Å². The largest absolute Gasteiger partial charge is 0.508 e. The first-order chi connectivity index (χ1) is 5.33. The summed E-state index contributed by atoms with van der Waals surface area (Å²) in [4.78, 5) is 0. The van der Waals surface area contributed by atoms with E-state index in [1.165, 1.54) is 18.4 Å². The third kappa shape index (κ3) is 3.80. The van der Waals surface area contributed by atoms with Crippen LogP contribution in [-0.4, -0.2) is 22.5 Å². The van der Waals surface area contributed by atoms with E-state index in [1.807, 2.05) is 12.1 Å². The molecule has 0 atom stereocenters. The number of unbranched alkanes of at least 4 members (excludes halogenated alkanes) is 1. The van der Waals surface area contributed by atoms with Crippen LogP contribution in [0.4, 0.5) is 0 Å². The van der Waals surface area contributed by atoms with Gasteiger partial charge in [0.25, 0.3) is 0 Å². The van der Waals surface area contributed by atoms with Crippen LogP contribution >= 0.6 is 0 Å². The lowest BCUT2D eigenvalue weighted by Gasteiger charge is -1.98. The molecule has 1 rings (SSSR count). The van der Waals surface area contributed by atoms with E-state index in [0.717, 1.165) is 6.42 Å². The highest BCUT2D eigenvalue weighted by atomic mass is 27.0. The Kier molecular flexibility index (Phi) is 5.88. The van der Waals surface area contributed by atoms with E-state index in [4.69, 9.17) is 5.11 Å². The normalized spacial score (nSPS) is 9.08. The van der Waals surface area contributed by atoms with Crippen LogP contribution in [0.3, 0.4) is 0 Å². The van der Waals surface area contributed by atoms with E-state index in [0.29, 0.717) is 5.75 Å². The summed E-state index contributed by atoms with van der Waals surface area (Å²) in [6.45, 7) is 2.18. The molecule has 0 aliphatic rings. The molecule has 12 heavy (non-hydrogen) atoms. The molecule has 0 saturated carbocycles. The first-order valence-corrected chi connectivity index (χ1v) is 4.11. The van der Waals surface area contributed by atoms with E-state index < -0.39 is 0 Å². The van der Waals surface area contributed by atoms with Crippen LogP contribution in [0.1, 0.15) is 25.3 Å². The van der Waals surface area contributed by atoms with Crippen molar-refractivity contribution in [2.75, 3.05) is 0 Å². The minimum atomic E-state index is 0. The molecule has 1 nitrogen and oxygen atoms in total. The van der Waals surface area contributed by atoms with Gasteiger partial charge in [0.2, 0.25) is 0 Å². The van der Waals surface area contributed by atoms with Crippen molar-refractivity contribution in [3.63, 3.8) is 0 Å². The van der Waals surface area contributed by atoms with Crippen LogP contribution < -0.4 is 0 Å². The van der Waals surface area contributed by atoms with Gasteiger partial charge in [-0.2, -0.15) is 0 Å². The number of hydrogen-bond acceptors (Lipinski definition) is 1. The maximum absolute atomic E-state index is 8.98. The minimum Gasteiger partial charge on any atom is -0.508 e. The molecular formula is C10H17AlO. The van der Waals surface area contributed by atoms with Crippen LogP contribution in [0.25, 0.3) is 0 Å². The van der Waals surface area contributed by atoms with Crippen LogP contribution in [-0.2, 0) is 6.42 Å². The zero-order chi connectivity index (χ0) is 8.10. The van der Waals surface area contributed by atoms with Gasteiger partial charge in [-0.3, -0.25) is 0 Å². The van der Waals surface area contributed by atoms with Crippen molar-refractivity contribution in [2.45, 2.75) is 26.2 Å². The van der Waals surface area contributed by atoms with E-state index in [-0.39, 0.29) is 17.4 Å². The first kappa shape index (κ1) is 11.6. The summed E-state index contributed by atoms with van der Waals surface area (Å²) in [5.41, 5.74) is 1.31. The second kappa shape index (κ2) is 6.11. The molecule has 0 aliphatic heterocycles. The number of aromatic hydroxyl groups is 1. The van der Waals surface area contributed by atoms with Crippen molar-refractivity contribution in [3.8, 4) is 5.75 Å². The average molecular weight is 180 g/mol. The first-order valence-electron chi connectivity index (χ1n) is 4.11. The summed E-state index contributed by atoms with van der Waals surface area (Å²) in [5.74, 6) is 0.352. The van der Waals surface area contributed by atoms with Crippen molar-refractivity contribution in [2.24, 2.45) is 0 Å². The molecule has 0 fully saturated rings. The Balaban J connectivity index is 0.00000121. The van der Waals surface area contributed by atoms with E-state index >= 15 is 0 Å². The topological polar surface area (TPSA) is 20.2 Å². The van der Waals surface area contributed by atoms with Crippen LogP contribution in [0, 0.1) is 0 Å². The van der Waals surface area contributed by atoms with Gasteiger partial charge >= 0.3 is 0 Å². The average Bonchev–Trinajstić information content (AvgIpc) is 2.04. The molecule has 1 N–H and O–H groups in total. The minimum absolute atomic E-state index is 0. The summed E-state index contributed by atoms with van der Waals surface area (Å²) >= 11 is 0. The highest BCUT2D eigenvalue weighted by Gasteiger charge is 1.91. The smallest absolute Gasteiger partial charge is 0.187 e. The summed E-state index contributed by atoms with van der Waals surface area (Å²) in [7, 11) is 0. The molecule has 0 saturated heterocycles. The third-order valence-electron chi connectivity index (χ3n) is 1.76. The van der Waals surface area contributed by atoms with Crippen molar-refractivity contribution < 1.29 is 5.11 Å². The van der Waals surface area contributed by atoms with Crippen LogP contribution in [0.2, 0.25) is 0 Å². The Morgan fingerprint density at radius 2 is 1.75 bits per heavy atom. The molecule has 2 heteroatoms. The molecule has 0 unspecified atom stereocenters. The van der Waals surface area contributed by atoms with E-state index in [9.17, 15) is 0 Å². The van der Waals surface area contributed by atoms with Gasteiger partial charge in [0.1, 0.15) is 5.75 Å². The van der Waals surface area contributed by atoms with Crippen LogP contribution in [0.15, 0.2) is 24.3 Å². The van der Waals surface area contributed by atoms with E-state index in [2.05, 4.69) is 6.92 Å².